The van der Waals surface area contributed by atoms with Crippen LogP contribution in [0.2, 0.25) is 0 Å². The molecular weight excluding hydrogens is 230 g/mol. The van der Waals surface area contributed by atoms with Crippen molar-refractivity contribution < 1.29 is 0 Å². The molecule has 1 aromatic carbocycles. The van der Waals surface area contributed by atoms with Gasteiger partial charge in [-0.3, -0.25) is 0 Å². The van der Waals surface area contributed by atoms with Crippen LogP contribution < -0.4 is 5.32 Å². The highest BCUT2D eigenvalue weighted by molar-refractivity contribution is 5.33. The van der Waals surface area contributed by atoms with Gasteiger partial charge in [0.2, 0.25) is 0 Å². The lowest BCUT2D eigenvalue weighted by Gasteiger charge is -2.48. The summed E-state index contributed by atoms with van der Waals surface area (Å²) in [5, 5.41) is 3.41. The number of hydrogen-bond acceptors (Lipinski definition) is 1. The van der Waals surface area contributed by atoms with Crippen LogP contribution >= 0.6 is 0 Å². The predicted molar refractivity (Wildman–Crippen MR) is 83.8 cm³/mol. The second kappa shape index (κ2) is 6.09. The SMILES string of the molecule is CCCC1CC(CNC)(c2ccc(C(C)C)cc2)C1. The first-order valence-corrected chi connectivity index (χ1v) is 7.86. The smallest absolute Gasteiger partial charge is 0.00829 e. The van der Waals surface area contributed by atoms with Crippen LogP contribution in [0, 0.1) is 5.92 Å². The molecule has 0 atom stereocenters. The summed E-state index contributed by atoms with van der Waals surface area (Å²) in [7, 11) is 2.08. The largest absolute Gasteiger partial charge is 0.319 e. The minimum absolute atomic E-state index is 0.407. The van der Waals surface area contributed by atoms with Gasteiger partial charge in [0.15, 0.2) is 0 Å². The summed E-state index contributed by atoms with van der Waals surface area (Å²) >= 11 is 0. The lowest BCUT2D eigenvalue weighted by Crippen LogP contribution is -2.47. The van der Waals surface area contributed by atoms with Crippen LogP contribution in [0.25, 0.3) is 0 Å². The molecule has 1 aromatic rings. The summed E-state index contributed by atoms with van der Waals surface area (Å²) in [6.07, 6.45) is 5.45. The van der Waals surface area contributed by atoms with Crippen molar-refractivity contribution >= 4 is 0 Å². The van der Waals surface area contributed by atoms with Crippen LogP contribution in [-0.2, 0) is 5.41 Å². The summed E-state index contributed by atoms with van der Waals surface area (Å²) in [6.45, 7) is 7.95. The number of hydrogen-bond donors (Lipinski definition) is 1. The normalized spacial score (nSPS) is 26.5. The quantitative estimate of drug-likeness (QED) is 0.794. The van der Waals surface area contributed by atoms with Crippen molar-refractivity contribution in [1.82, 2.24) is 5.32 Å². The van der Waals surface area contributed by atoms with Crippen LogP contribution in [0.4, 0.5) is 0 Å². The molecule has 0 radical (unpaired) electrons. The van der Waals surface area contributed by atoms with Gasteiger partial charge >= 0.3 is 0 Å². The number of benzene rings is 1. The molecule has 106 valence electrons. The van der Waals surface area contributed by atoms with Crippen molar-refractivity contribution in [3.05, 3.63) is 35.4 Å². The molecule has 19 heavy (non-hydrogen) atoms. The van der Waals surface area contributed by atoms with Crippen molar-refractivity contribution in [2.24, 2.45) is 5.92 Å². The average molecular weight is 259 g/mol. The first-order valence-electron chi connectivity index (χ1n) is 7.86. The zero-order valence-corrected chi connectivity index (χ0v) is 13.0. The third kappa shape index (κ3) is 3.02. The Kier molecular flexibility index (Phi) is 4.67. The van der Waals surface area contributed by atoms with E-state index in [1.807, 2.05) is 0 Å². The summed E-state index contributed by atoms with van der Waals surface area (Å²) in [6, 6.07) is 9.39. The lowest BCUT2D eigenvalue weighted by atomic mass is 9.57. The zero-order chi connectivity index (χ0) is 13.9. The van der Waals surface area contributed by atoms with E-state index in [-0.39, 0.29) is 0 Å². The van der Waals surface area contributed by atoms with Gasteiger partial charge in [-0.05, 0) is 42.9 Å². The zero-order valence-electron chi connectivity index (χ0n) is 13.0. The summed E-state index contributed by atoms with van der Waals surface area (Å²) in [5.74, 6) is 1.58. The number of nitrogens with one attached hydrogen (secondary N) is 1. The second-order valence-corrected chi connectivity index (χ2v) is 6.65. The standard InChI is InChI=1S/C18H29N/c1-5-6-15-11-18(12-15,13-19-4)17-9-7-16(8-10-17)14(2)3/h7-10,14-15,19H,5-6,11-13H2,1-4H3. The van der Waals surface area contributed by atoms with E-state index in [0.717, 1.165) is 12.5 Å². The van der Waals surface area contributed by atoms with E-state index in [0.29, 0.717) is 11.3 Å². The van der Waals surface area contributed by atoms with Crippen LogP contribution in [0.15, 0.2) is 24.3 Å². The highest BCUT2D eigenvalue weighted by atomic mass is 14.8. The third-order valence-corrected chi connectivity index (χ3v) is 4.76. The Morgan fingerprint density at radius 3 is 2.32 bits per heavy atom. The van der Waals surface area contributed by atoms with Crippen LogP contribution in [0.1, 0.15) is 63.5 Å². The Labute approximate surface area is 118 Å². The van der Waals surface area contributed by atoms with E-state index >= 15 is 0 Å². The molecule has 0 unspecified atom stereocenters. The van der Waals surface area contributed by atoms with Gasteiger partial charge in [-0.25, -0.2) is 0 Å². The van der Waals surface area contributed by atoms with E-state index < -0.39 is 0 Å². The van der Waals surface area contributed by atoms with E-state index in [1.165, 1.54) is 31.2 Å². The summed E-state index contributed by atoms with van der Waals surface area (Å²) < 4.78 is 0. The van der Waals surface area contributed by atoms with E-state index in [2.05, 4.69) is 57.4 Å². The van der Waals surface area contributed by atoms with Crippen molar-refractivity contribution in [2.75, 3.05) is 13.6 Å². The molecule has 1 N–H and O–H groups in total. The molecule has 0 heterocycles. The van der Waals surface area contributed by atoms with Crippen molar-refractivity contribution in [1.29, 1.82) is 0 Å². The van der Waals surface area contributed by atoms with Crippen molar-refractivity contribution in [3.8, 4) is 0 Å². The van der Waals surface area contributed by atoms with E-state index in [4.69, 9.17) is 0 Å². The molecule has 1 fully saturated rings. The summed E-state index contributed by atoms with van der Waals surface area (Å²) in [4.78, 5) is 0. The lowest BCUT2D eigenvalue weighted by molar-refractivity contribution is 0.131. The molecule has 1 heteroatoms. The fourth-order valence-corrected chi connectivity index (χ4v) is 3.70. The molecule has 1 nitrogen and oxygen atoms in total. The molecule has 0 aromatic heterocycles. The molecule has 0 aliphatic heterocycles. The van der Waals surface area contributed by atoms with Gasteiger partial charge in [-0.1, -0.05) is 57.9 Å². The molecule has 1 aliphatic rings. The van der Waals surface area contributed by atoms with Crippen LogP contribution in [0.5, 0.6) is 0 Å². The molecule has 0 bridgehead atoms. The first kappa shape index (κ1) is 14.6. The van der Waals surface area contributed by atoms with Gasteiger partial charge < -0.3 is 5.32 Å². The average Bonchev–Trinajstić information content (AvgIpc) is 2.36. The van der Waals surface area contributed by atoms with Gasteiger partial charge in [-0.15, -0.1) is 0 Å². The van der Waals surface area contributed by atoms with Crippen molar-refractivity contribution in [2.45, 2.75) is 57.8 Å². The van der Waals surface area contributed by atoms with Crippen LogP contribution in [0.3, 0.4) is 0 Å². The molecular formula is C18H29N. The number of likely N-dealkylation sites (N-methyl/N-ethyl adjacent to an activating group) is 1. The fraction of sp³-hybridized carbons (Fsp3) is 0.667. The summed E-state index contributed by atoms with van der Waals surface area (Å²) in [5.41, 5.74) is 3.40. The number of rotatable bonds is 6. The van der Waals surface area contributed by atoms with Crippen molar-refractivity contribution in [3.63, 3.8) is 0 Å². The molecule has 0 saturated heterocycles. The van der Waals surface area contributed by atoms with Gasteiger partial charge in [0.05, 0.1) is 0 Å². The fourth-order valence-electron chi connectivity index (χ4n) is 3.70. The minimum Gasteiger partial charge on any atom is -0.319 e. The Bertz CT molecular complexity index is 385. The van der Waals surface area contributed by atoms with Crippen LogP contribution in [-0.4, -0.2) is 13.6 Å². The Morgan fingerprint density at radius 1 is 1.21 bits per heavy atom. The monoisotopic (exact) mass is 259 g/mol. The van der Waals surface area contributed by atoms with Gasteiger partial charge in [0, 0.05) is 12.0 Å². The Morgan fingerprint density at radius 2 is 1.84 bits per heavy atom. The maximum absolute atomic E-state index is 3.41. The highest BCUT2D eigenvalue weighted by Gasteiger charge is 2.44. The first-order chi connectivity index (χ1) is 9.11. The Hall–Kier alpha value is -0.820. The molecule has 1 saturated carbocycles. The third-order valence-electron chi connectivity index (χ3n) is 4.76. The molecule has 2 rings (SSSR count). The predicted octanol–water partition coefficient (Wildman–Crippen LogP) is 4.48. The highest BCUT2D eigenvalue weighted by Crippen LogP contribution is 2.49. The Balaban J connectivity index is 2.12. The van der Waals surface area contributed by atoms with E-state index in [1.54, 1.807) is 5.56 Å². The topological polar surface area (TPSA) is 12.0 Å². The van der Waals surface area contributed by atoms with Gasteiger partial charge in [-0.2, -0.15) is 0 Å². The van der Waals surface area contributed by atoms with Gasteiger partial charge in [0.1, 0.15) is 0 Å². The van der Waals surface area contributed by atoms with Gasteiger partial charge in [0.25, 0.3) is 0 Å². The maximum Gasteiger partial charge on any atom is 0.00829 e. The minimum atomic E-state index is 0.407. The second-order valence-electron chi connectivity index (χ2n) is 6.65. The maximum atomic E-state index is 3.41. The van der Waals surface area contributed by atoms with E-state index in [9.17, 15) is 0 Å². The molecule has 1 aliphatic carbocycles. The molecule has 0 spiro atoms. The molecule has 0 amide bonds.